The molecule has 6 rings (SSSR count). The molecule has 39 heavy (non-hydrogen) atoms. The highest BCUT2D eigenvalue weighted by molar-refractivity contribution is 5.84. The van der Waals surface area contributed by atoms with Crippen LogP contribution in [0.1, 0.15) is 56.1 Å². The maximum atomic E-state index is 12.0. The van der Waals surface area contributed by atoms with Gasteiger partial charge in [0.15, 0.2) is 5.65 Å². The number of rotatable bonds is 6. The van der Waals surface area contributed by atoms with Crippen molar-refractivity contribution in [3.63, 3.8) is 0 Å². The molecule has 4 aromatic rings. The van der Waals surface area contributed by atoms with Crippen molar-refractivity contribution in [2.24, 2.45) is 5.92 Å². The molecule has 0 radical (unpaired) electrons. The standard InChI is InChI=1S/C30H32N6O3/c1-2-39-29(38)21-9-7-19(8-10-21)22-16-32-30(33-17-22)36-13-11-20(12-14-36)25-18-31-28-24(25)15-26(34-35-28)23-5-3-4-6-27(23)37/h3-7,15-18,20-21,37H,2,8-14H2,1H3,(H,31,35). The molecule has 1 saturated heterocycles. The van der Waals surface area contributed by atoms with Crippen molar-refractivity contribution >= 4 is 28.5 Å². The van der Waals surface area contributed by atoms with Gasteiger partial charge in [0.25, 0.3) is 0 Å². The maximum absolute atomic E-state index is 12.0. The number of phenols is 1. The number of para-hydroxylation sites is 1. The SMILES string of the molecule is CCOC(=O)C1CC=C(c2cnc(N3CCC(c4c[nH]c5nnc(-c6ccccc6O)cc45)CC3)nc2)CC1. The van der Waals surface area contributed by atoms with Crippen LogP contribution in [0.15, 0.2) is 55.0 Å². The zero-order valence-electron chi connectivity index (χ0n) is 22.0. The van der Waals surface area contributed by atoms with Crippen LogP contribution in [-0.4, -0.2) is 55.9 Å². The summed E-state index contributed by atoms with van der Waals surface area (Å²) in [5, 5.41) is 20.0. The lowest BCUT2D eigenvalue weighted by molar-refractivity contribution is -0.148. The van der Waals surface area contributed by atoms with Gasteiger partial charge >= 0.3 is 5.97 Å². The number of aromatic hydroxyl groups is 1. The van der Waals surface area contributed by atoms with Crippen LogP contribution >= 0.6 is 0 Å². The largest absolute Gasteiger partial charge is 0.507 e. The number of nitrogens with one attached hydrogen (secondary N) is 1. The number of esters is 1. The first-order chi connectivity index (χ1) is 19.1. The Hall–Kier alpha value is -4.27. The Bertz CT molecular complexity index is 1500. The van der Waals surface area contributed by atoms with Gasteiger partial charge in [-0.05, 0) is 74.3 Å². The third kappa shape index (κ3) is 5.08. The zero-order chi connectivity index (χ0) is 26.8. The quantitative estimate of drug-likeness (QED) is 0.329. The third-order valence-corrected chi connectivity index (χ3v) is 7.91. The Balaban J connectivity index is 1.11. The number of ether oxygens (including phenoxy) is 1. The van der Waals surface area contributed by atoms with Crippen LogP contribution in [0.25, 0.3) is 27.9 Å². The predicted octanol–water partition coefficient (Wildman–Crippen LogP) is 5.25. The van der Waals surface area contributed by atoms with Crippen molar-refractivity contribution in [3.05, 3.63) is 66.1 Å². The molecule has 2 aliphatic rings. The van der Waals surface area contributed by atoms with Gasteiger partial charge in [0.05, 0.1) is 18.2 Å². The third-order valence-electron chi connectivity index (χ3n) is 7.91. The van der Waals surface area contributed by atoms with E-state index < -0.39 is 0 Å². The minimum atomic E-state index is -0.0979. The van der Waals surface area contributed by atoms with Gasteiger partial charge < -0.3 is 19.7 Å². The van der Waals surface area contributed by atoms with Gasteiger partial charge in [0.2, 0.25) is 5.95 Å². The number of hydrogen-bond acceptors (Lipinski definition) is 8. The lowest BCUT2D eigenvalue weighted by Crippen LogP contribution is -2.34. The number of carbonyl (C=O) groups excluding carboxylic acids is 1. The minimum Gasteiger partial charge on any atom is -0.507 e. The molecule has 0 saturated carbocycles. The van der Waals surface area contributed by atoms with E-state index in [1.165, 1.54) is 11.1 Å². The molecular formula is C30H32N6O3. The lowest BCUT2D eigenvalue weighted by atomic mass is 9.87. The smallest absolute Gasteiger partial charge is 0.309 e. The number of piperidine rings is 1. The number of benzene rings is 1. The molecule has 200 valence electrons. The van der Waals surface area contributed by atoms with E-state index in [4.69, 9.17) is 4.74 Å². The van der Waals surface area contributed by atoms with Crippen LogP contribution in [-0.2, 0) is 9.53 Å². The molecule has 1 aromatic carbocycles. The summed E-state index contributed by atoms with van der Waals surface area (Å²) in [6.45, 7) is 4.00. The average molecular weight is 525 g/mol. The second-order valence-electron chi connectivity index (χ2n) is 10.2. The summed E-state index contributed by atoms with van der Waals surface area (Å²) in [6, 6.07) is 9.22. The second-order valence-corrected chi connectivity index (χ2v) is 10.2. The zero-order valence-corrected chi connectivity index (χ0v) is 22.0. The Morgan fingerprint density at radius 2 is 1.92 bits per heavy atom. The number of anilines is 1. The van der Waals surface area contributed by atoms with Crippen LogP contribution < -0.4 is 4.90 Å². The summed E-state index contributed by atoms with van der Waals surface area (Å²) in [5.74, 6) is 1.19. The van der Waals surface area contributed by atoms with Crippen molar-refractivity contribution in [3.8, 4) is 17.0 Å². The van der Waals surface area contributed by atoms with Gasteiger partial charge in [-0.1, -0.05) is 18.2 Å². The normalized spacial score (nSPS) is 18.2. The molecular weight excluding hydrogens is 492 g/mol. The summed E-state index contributed by atoms with van der Waals surface area (Å²) in [4.78, 5) is 26.9. The molecule has 1 unspecified atom stereocenters. The molecule has 1 atom stereocenters. The highest BCUT2D eigenvalue weighted by Crippen LogP contribution is 2.36. The molecule has 4 heterocycles. The summed E-state index contributed by atoms with van der Waals surface area (Å²) < 4.78 is 5.17. The van der Waals surface area contributed by atoms with Gasteiger partial charge in [-0.2, -0.15) is 0 Å². The molecule has 1 fully saturated rings. The number of aromatic amines is 1. The summed E-state index contributed by atoms with van der Waals surface area (Å²) in [6.07, 6.45) is 12.3. The van der Waals surface area contributed by atoms with Gasteiger partial charge in [-0.25, -0.2) is 9.97 Å². The van der Waals surface area contributed by atoms with E-state index in [0.717, 1.165) is 61.3 Å². The summed E-state index contributed by atoms with van der Waals surface area (Å²) in [7, 11) is 0. The molecule has 1 aliphatic heterocycles. The highest BCUT2D eigenvalue weighted by Gasteiger charge is 2.26. The van der Waals surface area contributed by atoms with E-state index in [1.807, 2.05) is 43.7 Å². The van der Waals surface area contributed by atoms with Gasteiger partial charge in [-0.3, -0.25) is 4.79 Å². The first kappa shape index (κ1) is 25.0. The Morgan fingerprint density at radius 1 is 1.13 bits per heavy atom. The van der Waals surface area contributed by atoms with Gasteiger partial charge in [0.1, 0.15) is 5.75 Å². The summed E-state index contributed by atoms with van der Waals surface area (Å²) >= 11 is 0. The van der Waals surface area contributed by atoms with Crippen LogP contribution in [0, 0.1) is 5.92 Å². The first-order valence-electron chi connectivity index (χ1n) is 13.7. The fourth-order valence-electron chi connectivity index (χ4n) is 5.71. The Kier molecular flexibility index (Phi) is 6.96. The number of carbonyl (C=O) groups is 1. The average Bonchev–Trinajstić information content (AvgIpc) is 3.41. The van der Waals surface area contributed by atoms with Gasteiger partial charge in [0, 0.05) is 48.2 Å². The fourth-order valence-corrected chi connectivity index (χ4v) is 5.71. The van der Waals surface area contributed by atoms with E-state index in [9.17, 15) is 9.90 Å². The molecule has 9 heteroatoms. The fraction of sp³-hybridized carbons (Fsp3) is 0.367. The first-order valence-corrected chi connectivity index (χ1v) is 13.7. The number of phenolic OH excluding ortho intramolecular Hbond substituents is 1. The Morgan fingerprint density at radius 3 is 2.64 bits per heavy atom. The predicted molar refractivity (Wildman–Crippen MR) is 149 cm³/mol. The lowest BCUT2D eigenvalue weighted by Gasteiger charge is -2.32. The number of allylic oxidation sites excluding steroid dienone is 2. The maximum Gasteiger partial charge on any atom is 0.309 e. The van der Waals surface area contributed by atoms with Crippen LogP contribution in [0.4, 0.5) is 5.95 Å². The number of H-pyrrole nitrogens is 1. The van der Waals surface area contributed by atoms with E-state index in [0.29, 0.717) is 30.2 Å². The second kappa shape index (κ2) is 10.8. The molecule has 9 nitrogen and oxygen atoms in total. The van der Waals surface area contributed by atoms with Crippen LogP contribution in [0.3, 0.4) is 0 Å². The van der Waals surface area contributed by atoms with Crippen molar-refractivity contribution in [1.29, 1.82) is 0 Å². The van der Waals surface area contributed by atoms with Crippen LogP contribution in [0.2, 0.25) is 0 Å². The minimum absolute atomic E-state index is 0.0449. The topological polar surface area (TPSA) is 117 Å². The molecule has 0 amide bonds. The summed E-state index contributed by atoms with van der Waals surface area (Å²) in [5.41, 5.74) is 5.56. The molecule has 0 spiro atoms. The number of hydrogen-bond donors (Lipinski definition) is 2. The van der Waals surface area contributed by atoms with Gasteiger partial charge in [-0.15, -0.1) is 10.2 Å². The van der Waals surface area contributed by atoms with E-state index in [-0.39, 0.29) is 17.6 Å². The monoisotopic (exact) mass is 524 g/mol. The Labute approximate surface area is 227 Å². The van der Waals surface area contributed by atoms with Crippen LogP contribution in [0.5, 0.6) is 5.75 Å². The number of aromatic nitrogens is 5. The van der Waals surface area contributed by atoms with E-state index in [1.54, 1.807) is 12.1 Å². The van der Waals surface area contributed by atoms with Crippen molar-refractivity contribution in [2.45, 2.75) is 44.9 Å². The highest BCUT2D eigenvalue weighted by atomic mass is 16.5. The van der Waals surface area contributed by atoms with E-state index in [2.05, 4.69) is 36.1 Å². The molecule has 2 N–H and O–H groups in total. The molecule has 1 aliphatic carbocycles. The molecule has 0 bridgehead atoms. The van der Waals surface area contributed by atoms with Crippen molar-refractivity contribution < 1.29 is 14.6 Å². The molecule has 3 aromatic heterocycles. The number of fused-ring (bicyclic) bond motifs is 1. The van der Waals surface area contributed by atoms with E-state index >= 15 is 0 Å². The van der Waals surface area contributed by atoms with Crippen molar-refractivity contribution in [2.75, 3.05) is 24.6 Å². The van der Waals surface area contributed by atoms with Crippen molar-refractivity contribution in [1.82, 2.24) is 25.1 Å². The number of nitrogens with zero attached hydrogens (tertiary/aromatic N) is 5.